The van der Waals surface area contributed by atoms with E-state index in [1.807, 2.05) is 54.6 Å². The van der Waals surface area contributed by atoms with Gasteiger partial charge in [0.25, 0.3) is 0 Å². The zero-order valence-corrected chi connectivity index (χ0v) is 17.4. The van der Waals surface area contributed by atoms with Gasteiger partial charge in [-0.05, 0) is 46.8 Å². The van der Waals surface area contributed by atoms with Crippen molar-refractivity contribution in [3.8, 4) is 28.5 Å². The lowest BCUT2D eigenvalue weighted by molar-refractivity contribution is 1.03. The molecule has 0 fully saturated rings. The van der Waals surface area contributed by atoms with Crippen molar-refractivity contribution >= 4 is 16.6 Å². The van der Waals surface area contributed by atoms with Crippen molar-refractivity contribution in [1.82, 2.24) is 9.97 Å². The molecule has 0 spiro atoms. The Labute approximate surface area is 186 Å². The number of benzene rings is 3. The van der Waals surface area contributed by atoms with Gasteiger partial charge in [-0.1, -0.05) is 66.7 Å². The van der Waals surface area contributed by atoms with E-state index in [9.17, 15) is 5.26 Å². The van der Waals surface area contributed by atoms with E-state index >= 15 is 0 Å². The molecule has 3 aromatic carbocycles. The summed E-state index contributed by atoms with van der Waals surface area (Å²) in [5.41, 5.74) is 5.55. The molecule has 4 nitrogen and oxygen atoms in total. The van der Waals surface area contributed by atoms with Gasteiger partial charge in [-0.15, -0.1) is 0 Å². The third-order valence-electron chi connectivity index (χ3n) is 5.39. The van der Waals surface area contributed by atoms with E-state index in [0.717, 1.165) is 44.7 Å². The topological polar surface area (TPSA) is 61.6 Å². The van der Waals surface area contributed by atoms with E-state index in [0.29, 0.717) is 12.1 Å². The van der Waals surface area contributed by atoms with Gasteiger partial charge in [-0.2, -0.15) is 5.26 Å². The Kier molecular flexibility index (Phi) is 5.30. The number of hydrogen-bond donors (Lipinski definition) is 1. The monoisotopic (exact) mass is 412 g/mol. The van der Waals surface area contributed by atoms with Crippen LogP contribution in [0.2, 0.25) is 0 Å². The highest BCUT2D eigenvalue weighted by Gasteiger charge is 2.13. The van der Waals surface area contributed by atoms with Gasteiger partial charge in [-0.25, -0.2) is 4.98 Å². The summed E-state index contributed by atoms with van der Waals surface area (Å²) in [5.74, 6) is 0.796. The Morgan fingerprint density at radius 3 is 2.41 bits per heavy atom. The molecule has 32 heavy (non-hydrogen) atoms. The highest BCUT2D eigenvalue weighted by atomic mass is 15.0. The number of rotatable bonds is 5. The number of pyridine rings is 2. The second-order valence-corrected chi connectivity index (χ2v) is 7.49. The first-order valence-electron chi connectivity index (χ1n) is 10.5. The Morgan fingerprint density at radius 1 is 0.781 bits per heavy atom. The number of hydrogen-bond acceptors (Lipinski definition) is 4. The first-order chi connectivity index (χ1) is 15.8. The predicted molar refractivity (Wildman–Crippen MR) is 129 cm³/mol. The highest BCUT2D eigenvalue weighted by Crippen LogP contribution is 2.35. The largest absolute Gasteiger partial charge is 0.364 e. The SMILES string of the molecule is N#Cc1cccc(-c2cc3cccc(-c4ccccc4)c3c(NCc3ccccn3)n2)c1. The van der Waals surface area contributed by atoms with Crippen molar-refractivity contribution < 1.29 is 0 Å². The summed E-state index contributed by atoms with van der Waals surface area (Å²) in [5, 5.41) is 15.0. The normalized spacial score (nSPS) is 10.6. The lowest BCUT2D eigenvalue weighted by Gasteiger charge is -2.15. The lowest BCUT2D eigenvalue weighted by atomic mass is 9.97. The van der Waals surface area contributed by atoms with E-state index in [2.05, 4.69) is 52.8 Å². The van der Waals surface area contributed by atoms with Gasteiger partial charge in [0, 0.05) is 17.1 Å². The van der Waals surface area contributed by atoms with Crippen molar-refractivity contribution in [3.63, 3.8) is 0 Å². The minimum Gasteiger partial charge on any atom is -0.364 e. The Bertz CT molecular complexity index is 1420. The molecule has 0 atom stereocenters. The van der Waals surface area contributed by atoms with Gasteiger partial charge in [0.1, 0.15) is 5.82 Å². The van der Waals surface area contributed by atoms with Crippen LogP contribution in [0.1, 0.15) is 11.3 Å². The molecular weight excluding hydrogens is 392 g/mol. The summed E-state index contributed by atoms with van der Waals surface area (Å²) < 4.78 is 0. The van der Waals surface area contributed by atoms with E-state index in [1.165, 1.54) is 0 Å². The number of fused-ring (bicyclic) bond motifs is 1. The second-order valence-electron chi connectivity index (χ2n) is 7.49. The number of nitrogens with zero attached hydrogens (tertiary/aromatic N) is 3. The summed E-state index contributed by atoms with van der Waals surface area (Å²) in [4.78, 5) is 9.43. The van der Waals surface area contributed by atoms with Crippen LogP contribution in [0.4, 0.5) is 5.82 Å². The molecule has 0 amide bonds. The molecule has 0 saturated carbocycles. The molecule has 0 aliphatic heterocycles. The standard InChI is InChI=1S/C28H20N4/c29-18-20-8-6-11-22(16-20)26-17-23-12-7-14-25(21-9-2-1-3-10-21)27(23)28(32-26)31-19-24-13-4-5-15-30-24/h1-17H,19H2,(H,31,32). The van der Waals surface area contributed by atoms with E-state index in [-0.39, 0.29) is 0 Å². The maximum absolute atomic E-state index is 9.32. The quantitative estimate of drug-likeness (QED) is 0.360. The van der Waals surface area contributed by atoms with Crippen molar-refractivity contribution in [1.29, 1.82) is 5.26 Å². The first kappa shape index (κ1) is 19.5. The Morgan fingerprint density at radius 2 is 1.59 bits per heavy atom. The average Bonchev–Trinajstić information content (AvgIpc) is 2.88. The summed E-state index contributed by atoms with van der Waals surface area (Å²) in [6.07, 6.45) is 1.79. The van der Waals surface area contributed by atoms with Crippen LogP contribution in [-0.2, 0) is 6.54 Å². The van der Waals surface area contributed by atoms with E-state index in [4.69, 9.17) is 4.98 Å². The molecule has 0 radical (unpaired) electrons. The molecule has 0 aliphatic carbocycles. The van der Waals surface area contributed by atoms with Crippen molar-refractivity contribution in [2.24, 2.45) is 0 Å². The first-order valence-corrected chi connectivity index (χ1v) is 10.5. The molecule has 2 heterocycles. The predicted octanol–water partition coefficient (Wildman–Crippen LogP) is 6.45. The zero-order chi connectivity index (χ0) is 21.8. The van der Waals surface area contributed by atoms with Gasteiger partial charge in [0.15, 0.2) is 0 Å². The third-order valence-corrected chi connectivity index (χ3v) is 5.39. The summed E-state index contributed by atoms with van der Waals surface area (Å²) in [6, 6.07) is 34.4. The van der Waals surface area contributed by atoms with Gasteiger partial charge >= 0.3 is 0 Å². The third kappa shape index (κ3) is 3.92. The number of nitrogens with one attached hydrogen (secondary N) is 1. The molecule has 5 aromatic rings. The van der Waals surface area contributed by atoms with Crippen LogP contribution < -0.4 is 5.32 Å². The van der Waals surface area contributed by atoms with Crippen LogP contribution in [-0.4, -0.2) is 9.97 Å². The number of anilines is 1. The van der Waals surface area contributed by atoms with Crippen molar-refractivity contribution in [2.75, 3.05) is 5.32 Å². The Hall–Kier alpha value is -4.49. The minimum absolute atomic E-state index is 0.563. The highest BCUT2D eigenvalue weighted by molar-refractivity contribution is 6.05. The van der Waals surface area contributed by atoms with Crippen LogP contribution in [0.5, 0.6) is 0 Å². The maximum atomic E-state index is 9.32. The van der Waals surface area contributed by atoms with Crippen LogP contribution in [0.3, 0.4) is 0 Å². The maximum Gasteiger partial charge on any atom is 0.135 e. The molecule has 4 heteroatoms. The van der Waals surface area contributed by atoms with Crippen LogP contribution >= 0.6 is 0 Å². The molecule has 0 aliphatic rings. The number of aromatic nitrogens is 2. The molecular formula is C28H20N4. The molecule has 5 rings (SSSR count). The molecule has 1 N–H and O–H groups in total. The number of nitriles is 1. The van der Waals surface area contributed by atoms with Crippen LogP contribution in [0, 0.1) is 11.3 Å². The van der Waals surface area contributed by atoms with Crippen molar-refractivity contribution in [2.45, 2.75) is 6.54 Å². The van der Waals surface area contributed by atoms with Crippen molar-refractivity contribution in [3.05, 3.63) is 115 Å². The van der Waals surface area contributed by atoms with Gasteiger partial charge < -0.3 is 5.32 Å². The summed E-state index contributed by atoms with van der Waals surface area (Å²) in [6.45, 7) is 0.563. The van der Waals surface area contributed by atoms with Gasteiger partial charge in [-0.3, -0.25) is 4.98 Å². The van der Waals surface area contributed by atoms with Gasteiger partial charge in [0.05, 0.1) is 29.6 Å². The fraction of sp³-hybridized carbons (Fsp3) is 0.0357. The van der Waals surface area contributed by atoms with Gasteiger partial charge in [0.2, 0.25) is 0 Å². The second kappa shape index (κ2) is 8.71. The lowest BCUT2D eigenvalue weighted by Crippen LogP contribution is -2.05. The van der Waals surface area contributed by atoms with E-state index < -0.39 is 0 Å². The van der Waals surface area contributed by atoms with Crippen LogP contribution in [0.15, 0.2) is 103 Å². The summed E-state index contributed by atoms with van der Waals surface area (Å²) >= 11 is 0. The van der Waals surface area contributed by atoms with Crippen LogP contribution in [0.25, 0.3) is 33.2 Å². The molecule has 152 valence electrons. The minimum atomic E-state index is 0.563. The van der Waals surface area contributed by atoms with E-state index in [1.54, 1.807) is 12.3 Å². The smallest absolute Gasteiger partial charge is 0.135 e. The zero-order valence-electron chi connectivity index (χ0n) is 17.4. The average molecular weight is 412 g/mol. The molecule has 0 saturated heterocycles. The Balaban J connectivity index is 1.69. The molecule has 0 bridgehead atoms. The molecule has 2 aromatic heterocycles. The molecule has 0 unspecified atom stereocenters. The fourth-order valence-electron chi connectivity index (χ4n) is 3.87. The fourth-order valence-corrected chi connectivity index (χ4v) is 3.87. The summed E-state index contributed by atoms with van der Waals surface area (Å²) in [7, 11) is 0.